The second kappa shape index (κ2) is 11.8. The van der Waals surface area contributed by atoms with E-state index in [0.29, 0.717) is 0 Å². The molecule has 0 bridgehead atoms. The minimum atomic E-state index is 0. The van der Waals surface area contributed by atoms with Crippen molar-refractivity contribution in [1.29, 1.82) is 0 Å². The minimum absolute atomic E-state index is 0. The number of hydrogen-bond donors (Lipinski definition) is 0. The summed E-state index contributed by atoms with van der Waals surface area (Å²) in [6.07, 6.45) is 0. The van der Waals surface area contributed by atoms with Crippen LogP contribution >= 0.6 is 0 Å². The van der Waals surface area contributed by atoms with Gasteiger partial charge in [0.15, 0.2) is 0 Å². The van der Waals surface area contributed by atoms with Gasteiger partial charge in [0.1, 0.15) is 0 Å². The van der Waals surface area contributed by atoms with E-state index < -0.39 is 0 Å². The summed E-state index contributed by atoms with van der Waals surface area (Å²) < 4.78 is 0. The summed E-state index contributed by atoms with van der Waals surface area (Å²) in [4.78, 5) is 0. The Labute approximate surface area is 167 Å². The van der Waals surface area contributed by atoms with Crippen LogP contribution in [0.15, 0.2) is 84.9 Å². The van der Waals surface area contributed by atoms with Crippen molar-refractivity contribution in [2.45, 2.75) is 0 Å². The molecule has 0 atom stereocenters. The molecule has 0 nitrogen and oxygen atoms in total. The largest absolute Gasteiger partial charge is 4.00 e. The Morgan fingerprint density at radius 3 is 1.36 bits per heavy atom. The molecule has 0 aliphatic heterocycles. The smallest absolute Gasteiger partial charge is 1.00 e. The first-order valence-electron chi connectivity index (χ1n) is 6.15. The fourth-order valence-corrected chi connectivity index (χ4v) is 2.22. The van der Waals surface area contributed by atoms with E-state index in [4.69, 9.17) is 0 Å². The van der Waals surface area contributed by atoms with Gasteiger partial charge in [0, 0.05) is 11.0 Å². The molecule has 4 aromatic rings. The zero-order valence-corrected chi connectivity index (χ0v) is 16.8. The van der Waals surface area contributed by atoms with E-state index in [2.05, 4.69) is 54.6 Å². The standard InChI is InChI=1S/C13H9.C5H5.2ClH.Si.Zr/c1-3-7-12-10(5-1)9-11-6-2-4-8-13(11)12;1-2-4-5-3-1;;;;/h1-9H;1-5H;2*1H;;/q2*-1;;;;+4/p-2. The Morgan fingerprint density at radius 2 is 1.00 bits per heavy atom. The molecule has 0 spiro atoms. The van der Waals surface area contributed by atoms with E-state index >= 15 is 0 Å². The van der Waals surface area contributed by atoms with Gasteiger partial charge in [-0.1, -0.05) is 36.4 Å². The van der Waals surface area contributed by atoms with Crippen LogP contribution in [0.1, 0.15) is 0 Å². The monoisotopic (exact) mass is 418 g/mol. The zero-order valence-electron chi connectivity index (χ0n) is 11.8. The Balaban J connectivity index is 0. The molecule has 0 fully saturated rings. The third-order valence-electron chi connectivity index (χ3n) is 3.08. The summed E-state index contributed by atoms with van der Waals surface area (Å²) >= 11 is 0. The number of benzene rings is 2. The quantitative estimate of drug-likeness (QED) is 0.246. The van der Waals surface area contributed by atoms with Crippen LogP contribution in [0.3, 0.4) is 0 Å². The van der Waals surface area contributed by atoms with Gasteiger partial charge < -0.3 is 24.8 Å². The molecule has 108 valence electrons. The SMILES string of the molecule is [Cl-].[Cl-].[Si].[Zr+4].c1cc[cH-]c1.c1ccc2c(c1)[cH-]c1ccccc12. The molecule has 0 aromatic heterocycles. The summed E-state index contributed by atoms with van der Waals surface area (Å²) in [7, 11) is 0. The second-order valence-electron chi connectivity index (χ2n) is 4.28. The maximum Gasteiger partial charge on any atom is 4.00 e. The second-order valence-corrected chi connectivity index (χ2v) is 4.28. The first-order chi connectivity index (χ1) is 8.95. The fraction of sp³-hybridized carbons (Fsp3) is 0. The van der Waals surface area contributed by atoms with Crippen LogP contribution in [-0.2, 0) is 26.2 Å². The number of halogens is 2. The maximum atomic E-state index is 2.24. The molecule has 0 saturated carbocycles. The van der Waals surface area contributed by atoms with Gasteiger partial charge in [-0.25, -0.2) is 12.1 Å². The molecule has 0 N–H and O–H groups in total. The van der Waals surface area contributed by atoms with E-state index in [0.717, 1.165) is 0 Å². The average molecular weight is 421 g/mol. The molecule has 4 aromatic carbocycles. The topological polar surface area (TPSA) is 0 Å². The van der Waals surface area contributed by atoms with Crippen LogP contribution in [0.4, 0.5) is 0 Å². The van der Waals surface area contributed by atoms with Crippen molar-refractivity contribution in [1.82, 2.24) is 0 Å². The van der Waals surface area contributed by atoms with Crippen molar-refractivity contribution in [2.75, 3.05) is 0 Å². The normalized spacial score (nSPS) is 8.36. The molecule has 4 rings (SSSR count). The van der Waals surface area contributed by atoms with Crippen molar-refractivity contribution in [3.63, 3.8) is 0 Å². The summed E-state index contributed by atoms with van der Waals surface area (Å²) in [5.74, 6) is 0. The van der Waals surface area contributed by atoms with Crippen molar-refractivity contribution >= 4 is 32.5 Å². The van der Waals surface area contributed by atoms with E-state index in [9.17, 15) is 0 Å². The van der Waals surface area contributed by atoms with Gasteiger partial charge in [0.25, 0.3) is 0 Å². The van der Waals surface area contributed by atoms with Gasteiger partial charge in [-0.2, -0.15) is 18.2 Å². The number of rotatable bonds is 0. The summed E-state index contributed by atoms with van der Waals surface area (Å²) in [6.45, 7) is 0. The molecular weight excluding hydrogens is 406 g/mol. The van der Waals surface area contributed by atoms with Crippen molar-refractivity contribution < 1.29 is 51.0 Å². The van der Waals surface area contributed by atoms with E-state index in [1.165, 1.54) is 21.5 Å². The van der Waals surface area contributed by atoms with E-state index in [1.54, 1.807) is 0 Å². The summed E-state index contributed by atoms with van der Waals surface area (Å²) in [6, 6.07) is 29.3. The Bertz CT molecular complexity index is 680. The Kier molecular flexibility index (Phi) is 12.7. The van der Waals surface area contributed by atoms with Gasteiger partial charge >= 0.3 is 26.2 Å². The van der Waals surface area contributed by atoms with Gasteiger partial charge in [0.05, 0.1) is 0 Å². The molecule has 0 heterocycles. The van der Waals surface area contributed by atoms with Gasteiger partial charge in [-0.15, -0.1) is 39.7 Å². The van der Waals surface area contributed by atoms with Crippen LogP contribution in [-0.4, -0.2) is 11.0 Å². The average Bonchev–Trinajstić information content (AvgIpc) is 3.10. The van der Waals surface area contributed by atoms with Crippen LogP contribution in [0.25, 0.3) is 21.5 Å². The maximum absolute atomic E-state index is 2.24. The predicted octanol–water partition coefficient (Wildman–Crippen LogP) is -1.26. The van der Waals surface area contributed by atoms with Crippen LogP contribution in [0, 0.1) is 0 Å². The van der Waals surface area contributed by atoms with Crippen molar-refractivity contribution in [3.8, 4) is 0 Å². The third kappa shape index (κ3) is 5.52. The zero-order chi connectivity index (χ0) is 12.2. The molecule has 0 amide bonds. The van der Waals surface area contributed by atoms with E-state index in [1.807, 2.05) is 30.3 Å². The molecule has 0 saturated heterocycles. The van der Waals surface area contributed by atoms with Gasteiger partial charge in [-0.05, 0) is 0 Å². The minimum Gasteiger partial charge on any atom is -1.00 e. The molecule has 0 aliphatic rings. The van der Waals surface area contributed by atoms with Crippen molar-refractivity contribution in [3.05, 3.63) is 84.9 Å². The first-order valence-corrected chi connectivity index (χ1v) is 6.15. The summed E-state index contributed by atoms with van der Waals surface area (Å²) in [5, 5.41) is 5.39. The Morgan fingerprint density at radius 1 is 0.591 bits per heavy atom. The Hall–Kier alpha value is -0.660. The fourth-order valence-electron chi connectivity index (χ4n) is 2.22. The number of hydrogen-bond acceptors (Lipinski definition) is 0. The number of fused-ring (bicyclic) bond motifs is 3. The van der Waals surface area contributed by atoms with Gasteiger partial charge in [-0.3, -0.25) is 0 Å². The van der Waals surface area contributed by atoms with E-state index in [-0.39, 0.29) is 62.0 Å². The molecule has 0 unspecified atom stereocenters. The van der Waals surface area contributed by atoms with Gasteiger partial charge in [0.2, 0.25) is 0 Å². The van der Waals surface area contributed by atoms with Crippen LogP contribution < -0.4 is 24.8 Å². The first kappa shape index (κ1) is 23.6. The summed E-state index contributed by atoms with van der Waals surface area (Å²) in [5.41, 5.74) is 0. The van der Waals surface area contributed by atoms with Crippen molar-refractivity contribution in [2.24, 2.45) is 0 Å². The molecule has 4 heteroatoms. The molecule has 4 radical (unpaired) electrons. The molecule has 22 heavy (non-hydrogen) atoms. The van der Waals surface area contributed by atoms with Crippen LogP contribution in [0.2, 0.25) is 0 Å². The third-order valence-corrected chi connectivity index (χ3v) is 3.08. The molecule has 0 aliphatic carbocycles. The predicted molar refractivity (Wildman–Crippen MR) is 84.8 cm³/mol. The van der Waals surface area contributed by atoms with Crippen LogP contribution in [0.5, 0.6) is 0 Å². The molecular formula is C18H14Cl2SiZr.